The number of nitrogens with zero attached hydrogens (tertiary/aromatic N) is 1. The number of nitrogens with one attached hydrogen (secondary N) is 1. The van der Waals surface area contributed by atoms with E-state index in [0.717, 1.165) is 27.7 Å². The third-order valence-electron chi connectivity index (χ3n) is 4.40. The van der Waals surface area contributed by atoms with Gasteiger partial charge in [-0.25, -0.2) is 0 Å². The van der Waals surface area contributed by atoms with Crippen molar-refractivity contribution in [2.75, 3.05) is 5.32 Å². The SMILES string of the molecule is Cc1ccc(NC(=O)c2ccc3noc(-c4ccccc4)c3c2)c(C)c1. The van der Waals surface area contributed by atoms with Crippen LogP contribution in [0.2, 0.25) is 0 Å². The second-order valence-electron chi connectivity index (χ2n) is 6.38. The van der Waals surface area contributed by atoms with Gasteiger partial charge in [0.1, 0.15) is 5.52 Å². The number of aryl methyl sites for hydroxylation is 2. The first-order valence-corrected chi connectivity index (χ1v) is 8.45. The van der Waals surface area contributed by atoms with Crippen molar-refractivity contribution in [3.8, 4) is 11.3 Å². The lowest BCUT2D eigenvalue weighted by atomic mass is 10.1. The molecule has 0 radical (unpaired) electrons. The monoisotopic (exact) mass is 342 g/mol. The Bertz CT molecular complexity index is 1100. The van der Waals surface area contributed by atoms with Gasteiger partial charge < -0.3 is 9.84 Å². The first-order valence-electron chi connectivity index (χ1n) is 8.45. The molecule has 3 aromatic carbocycles. The number of benzene rings is 3. The molecule has 0 fully saturated rings. The Labute approximate surface area is 151 Å². The molecule has 26 heavy (non-hydrogen) atoms. The fourth-order valence-corrected chi connectivity index (χ4v) is 3.03. The fourth-order valence-electron chi connectivity index (χ4n) is 3.03. The van der Waals surface area contributed by atoms with Gasteiger partial charge in [0.25, 0.3) is 5.91 Å². The van der Waals surface area contributed by atoms with E-state index in [-0.39, 0.29) is 5.91 Å². The van der Waals surface area contributed by atoms with E-state index in [2.05, 4.69) is 10.5 Å². The minimum Gasteiger partial charge on any atom is -0.355 e. The summed E-state index contributed by atoms with van der Waals surface area (Å²) in [5, 5.41) is 7.90. The van der Waals surface area contributed by atoms with Crippen LogP contribution in [0.4, 0.5) is 5.69 Å². The average molecular weight is 342 g/mol. The summed E-state index contributed by atoms with van der Waals surface area (Å²) >= 11 is 0. The highest BCUT2D eigenvalue weighted by molar-refractivity contribution is 6.07. The van der Waals surface area contributed by atoms with Crippen molar-refractivity contribution < 1.29 is 9.32 Å². The van der Waals surface area contributed by atoms with Gasteiger partial charge in [-0.3, -0.25) is 4.79 Å². The summed E-state index contributed by atoms with van der Waals surface area (Å²) in [7, 11) is 0. The largest absolute Gasteiger partial charge is 0.355 e. The van der Waals surface area contributed by atoms with Crippen LogP contribution in [0.3, 0.4) is 0 Å². The Morgan fingerprint density at radius 2 is 1.77 bits per heavy atom. The summed E-state index contributed by atoms with van der Waals surface area (Å²) in [6.07, 6.45) is 0. The van der Waals surface area contributed by atoms with Gasteiger partial charge in [-0.1, -0.05) is 53.2 Å². The van der Waals surface area contributed by atoms with Gasteiger partial charge in [0.15, 0.2) is 5.76 Å². The van der Waals surface area contributed by atoms with Crippen molar-refractivity contribution in [1.29, 1.82) is 0 Å². The number of anilines is 1. The van der Waals surface area contributed by atoms with E-state index in [1.54, 1.807) is 6.07 Å². The van der Waals surface area contributed by atoms with Crippen LogP contribution in [-0.2, 0) is 0 Å². The van der Waals surface area contributed by atoms with Crippen molar-refractivity contribution in [3.63, 3.8) is 0 Å². The molecule has 0 aliphatic rings. The summed E-state index contributed by atoms with van der Waals surface area (Å²) in [6.45, 7) is 4.02. The Morgan fingerprint density at radius 3 is 2.54 bits per heavy atom. The van der Waals surface area contributed by atoms with Crippen molar-refractivity contribution >= 4 is 22.5 Å². The summed E-state index contributed by atoms with van der Waals surface area (Å²) in [4.78, 5) is 12.7. The van der Waals surface area contributed by atoms with Gasteiger partial charge in [-0.05, 0) is 43.7 Å². The van der Waals surface area contributed by atoms with E-state index < -0.39 is 0 Å². The maximum atomic E-state index is 12.7. The van der Waals surface area contributed by atoms with E-state index in [4.69, 9.17) is 4.52 Å². The molecule has 4 aromatic rings. The van der Waals surface area contributed by atoms with Crippen LogP contribution in [0.1, 0.15) is 21.5 Å². The van der Waals surface area contributed by atoms with Gasteiger partial charge in [0.2, 0.25) is 0 Å². The summed E-state index contributed by atoms with van der Waals surface area (Å²) in [5.41, 5.74) is 5.24. The molecule has 0 saturated heterocycles. The highest BCUT2D eigenvalue weighted by Gasteiger charge is 2.14. The summed E-state index contributed by atoms with van der Waals surface area (Å²) in [5.74, 6) is 0.515. The molecule has 1 heterocycles. The van der Waals surface area contributed by atoms with Crippen LogP contribution in [0.15, 0.2) is 71.3 Å². The lowest BCUT2D eigenvalue weighted by molar-refractivity contribution is 0.102. The van der Waals surface area contributed by atoms with Crippen LogP contribution in [-0.4, -0.2) is 11.1 Å². The highest BCUT2D eigenvalue weighted by Crippen LogP contribution is 2.29. The van der Waals surface area contributed by atoms with E-state index in [1.807, 2.05) is 74.5 Å². The first-order chi connectivity index (χ1) is 12.6. The number of rotatable bonds is 3. The second kappa shape index (κ2) is 6.48. The summed E-state index contributed by atoms with van der Waals surface area (Å²) in [6, 6.07) is 21.1. The minimum atomic E-state index is -0.154. The molecule has 4 rings (SSSR count). The third-order valence-corrected chi connectivity index (χ3v) is 4.40. The van der Waals surface area contributed by atoms with Crippen LogP contribution in [0.25, 0.3) is 22.2 Å². The normalized spacial score (nSPS) is 10.8. The van der Waals surface area contributed by atoms with Gasteiger partial charge in [0.05, 0.1) is 5.39 Å². The highest BCUT2D eigenvalue weighted by atomic mass is 16.5. The number of hydrogen-bond donors (Lipinski definition) is 1. The smallest absolute Gasteiger partial charge is 0.255 e. The van der Waals surface area contributed by atoms with Crippen LogP contribution >= 0.6 is 0 Å². The van der Waals surface area contributed by atoms with Crippen LogP contribution < -0.4 is 5.32 Å². The van der Waals surface area contributed by atoms with E-state index in [1.165, 1.54) is 5.56 Å². The molecule has 0 aliphatic carbocycles. The molecular weight excluding hydrogens is 324 g/mol. The number of amides is 1. The van der Waals surface area contributed by atoms with Gasteiger partial charge in [0, 0.05) is 16.8 Å². The zero-order valence-electron chi connectivity index (χ0n) is 14.6. The van der Waals surface area contributed by atoms with Gasteiger partial charge in [-0.2, -0.15) is 0 Å². The Hall–Kier alpha value is -3.40. The van der Waals surface area contributed by atoms with Crippen molar-refractivity contribution in [1.82, 2.24) is 5.16 Å². The molecule has 0 aliphatic heterocycles. The van der Waals surface area contributed by atoms with E-state index in [0.29, 0.717) is 11.3 Å². The quantitative estimate of drug-likeness (QED) is 0.545. The zero-order valence-corrected chi connectivity index (χ0v) is 14.6. The summed E-state index contributed by atoms with van der Waals surface area (Å²) < 4.78 is 5.50. The number of hydrogen-bond acceptors (Lipinski definition) is 3. The lowest BCUT2D eigenvalue weighted by Crippen LogP contribution is -2.12. The number of aromatic nitrogens is 1. The average Bonchev–Trinajstić information content (AvgIpc) is 3.08. The Kier molecular flexibility index (Phi) is 4.01. The van der Waals surface area contributed by atoms with E-state index in [9.17, 15) is 4.79 Å². The molecular formula is C22H18N2O2. The molecule has 4 heteroatoms. The topological polar surface area (TPSA) is 55.1 Å². The number of fused-ring (bicyclic) bond motifs is 1. The van der Waals surface area contributed by atoms with Crippen molar-refractivity contribution in [2.45, 2.75) is 13.8 Å². The third kappa shape index (κ3) is 2.97. The van der Waals surface area contributed by atoms with Crippen LogP contribution in [0.5, 0.6) is 0 Å². The molecule has 0 bridgehead atoms. The number of carbonyl (C=O) groups excluding carboxylic acids is 1. The molecule has 128 valence electrons. The second-order valence-corrected chi connectivity index (χ2v) is 6.38. The molecule has 0 spiro atoms. The van der Waals surface area contributed by atoms with Gasteiger partial charge >= 0.3 is 0 Å². The zero-order chi connectivity index (χ0) is 18.1. The lowest BCUT2D eigenvalue weighted by Gasteiger charge is -2.09. The van der Waals surface area contributed by atoms with Crippen molar-refractivity contribution in [3.05, 3.63) is 83.4 Å². The fraction of sp³-hybridized carbons (Fsp3) is 0.0909. The molecule has 0 saturated carbocycles. The molecule has 1 aromatic heterocycles. The van der Waals surface area contributed by atoms with Gasteiger partial charge in [-0.15, -0.1) is 0 Å². The van der Waals surface area contributed by atoms with Crippen molar-refractivity contribution in [2.24, 2.45) is 0 Å². The molecule has 0 unspecified atom stereocenters. The maximum Gasteiger partial charge on any atom is 0.255 e. The first kappa shape index (κ1) is 16.1. The molecule has 4 nitrogen and oxygen atoms in total. The number of carbonyl (C=O) groups is 1. The Morgan fingerprint density at radius 1 is 0.962 bits per heavy atom. The van der Waals surface area contributed by atoms with E-state index >= 15 is 0 Å². The maximum absolute atomic E-state index is 12.7. The van der Waals surface area contributed by atoms with Crippen LogP contribution in [0, 0.1) is 13.8 Å². The molecule has 0 atom stereocenters. The predicted octanol–water partition coefficient (Wildman–Crippen LogP) is 5.36. The molecule has 1 N–H and O–H groups in total. The molecule has 1 amide bonds. The minimum absolute atomic E-state index is 0.154. The predicted molar refractivity (Wildman–Crippen MR) is 103 cm³/mol. The standard InChI is InChI=1S/C22H18N2O2/c1-14-8-10-19(15(2)12-14)23-22(25)17-9-11-20-18(13-17)21(26-24-20)16-6-4-3-5-7-16/h3-13H,1-2H3,(H,23,25). The Balaban J connectivity index is 1.69.